The van der Waals surface area contributed by atoms with E-state index in [0.29, 0.717) is 35.5 Å². The third-order valence-corrected chi connectivity index (χ3v) is 5.96. The second kappa shape index (κ2) is 7.30. The summed E-state index contributed by atoms with van der Waals surface area (Å²) in [6.07, 6.45) is 5.46. The molecule has 1 unspecified atom stereocenters. The summed E-state index contributed by atoms with van der Waals surface area (Å²) in [4.78, 5) is 9.05. The first kappa shape index (κ1) is 18.7. The van der Waals surface area contributed by atoms with Crippen LogP contribution in [0.15, 0.2) is 35.2 Å². The first-order chi connectivity index (χ1) is 15.2. The van der Waals surface area contributed by atoms with Gasteiger partial charge in [-0.2, -0.15) is 10.1 Å². The van der Waals surface area contributed by atoms with Gasteiger partial charge in [0.1, 0.15) is 12.9 Å². The Morgan fingerprint density at radius 1 is 1.29 bits per heavy atom. The topological polar surface area (TPSA) is 93.0 Å². The number of ether oxygens (including phenoxy) is 2. The zero-order valence-corrected chi connectivity index (χ0v) is 17.5. The van der Waals surface area contributed by atoms with Gasteiger partial charge in [0.25, 0.3) is 5.89 Å². The van der Waals surface area contributed by atoms with Gasteiger partial charge < -0.3 is 18.6 Å². The van der Waals surface area contributed by atoms with E-state index in [0.717, 1.165) is 41.2 Å². The minimum absolute atomic E-state index is 0.242. The second-order valence-corrected chi connectivity index (χ2v) is 8.13. The molecule has 4 aromatic rings. The molecule has 5 heterocycles. The summed E-state index contributed by atoms with van der Waals surface area (Å²) in [5.74, 6) is 0.853. The van der Waals surface area contributed by atoms with E-state index in [-0.39, 0.29) is 12.6 Å². The molecule has 0 amide bonds. The number of aromatic nitrogens is 6. The fraction of sp³-hybridized carbons (Fsp3) is 0.333. The number of fused-ring (bicyclic) bond motifs is 5. The molecule has 10 heteroatoms. The van der Waals surface area contributed by atoms with Crippen molar-refractivity contribution < 1.29 is 14.0 Å². The van der Waals surface area contributed by atoms with E-state index in [1.54, 1.807) is 13.4 Å². The van der Waals surface area contributed by atoms with Crippen molar-refractivity contribution in [3.05, 3.63) is 52.8 Å². The molecule has 0 spiro atoms. The number of benzene rings is 1. The Morgan fingerprint density at radius 3 is 3.06 bits per heavy atom. The van der Waals surface area contributed by atoms with Crippen molar-refractivity contribution in [2.45, 2.75) is 25.5 Å². The fourth-order valence-corrected chi connectivity index (χ4v) is 4.43. The number of nitrogens with zero attached hydrogens (tertiary/aromatic N) is 6. The predicted molar refractivity (Wildman–Crippen MR) is 111 cm³/mol. The lowest BCUT2D eigenvalue weighted by molar-refractivity contribution is 0.174. The molecule has 31 heavy (non-hydrogen) atoms. The highest BCUT2D eigenvalue weighted by molar-refractivity contribution is 6.31. The summed E-state index contributed by atoms with van der Waals surface area (Å²) in [6, 6.07) is 6.06. The normalized spacial score (nSPS) is 17.3. The van der Waals surface area contributed by atoms with Gasteiger partial charge in [0.05, 0.1) is 29.7 Å². The maximum absolute atomic E-state index is 6.37. The van der Waals surface area contributed by atoms with E-state index in [9.17, 15) is 0 Å². The minimum atomic E-state index is 0.242. The van der Waals surface area contributed by atoms with E-state index in [4.69, 9.17) is 30.7 Å². The number of rotatable bonds is 4. The standard InChI is InChI=1S/C21H19ClN6O3/c1-29-10-18-24-21(31-26-18)20-17-6-12-8-28(14-4-5-30-9-14)25-19(12)15-7-13(22)2-3-16(15)27(17)11-23-20/h2-3,7-8,11,14H,4-6,9-10H2,1H3. The Balaban J connectivity index is 1.52. The summed E-state index contributed by atoms with van der Waals surface area (Å²) in [6.45, 7) is 1.72. The second-order valence-electron chi connectivity index (χ2n) is 7.70. The molecule has 0 radical (unpaired) electrons. The van der Waals surface area contributed by atoms with Gasteiger partial charge in [-0.05, 0) is 24.6 Å². The van der Waals surface area contributed by atoms with Crippen LogP contribution in [0.25, 0.3) is 28.5 Å². The average molecular weight is 439 g/mol. The molecule has 0 N–H and O–H groups in total. The quantitative estimate of drug-likeness (QED) is 0.424. The van der Waals surface area contributed by atoms with E-state index >= 15 is 0 Å². The number of imidazole rings is 1. The molecule has 1 fully saturated rings. The highest BCUT2D eigenvalue weighted by Crippen LogP contribution is 2.39. The van der Waals surface area contributed by atoms with Crippen LogP contribution in [0.3, 0.4) is 0 Å². The molecular weight excluding hydrogens is 420 g/mol. The molecule has 1 atom stereocenters. The zero-order valence-electron chi connectivity index (χ0n) is 16.8. The van der Waals surface area contributed by atoms with Gasteiger partial charge in [0, 0.05) is 42.5 Å². The maximum atomic E-state index is 6.37. The van der Waals surface area contributed by atoms with Crippen LogP contribution in [-0.4, -0.2) is 49.8 Å². The zero-order chi connectivity index (χ0) is 20.9. The highest BCUT2D eigenvalue weighted by atomic mass is 35.5. The van der Waals surface area contributed by atoms with Gasteiger partial charge in [-0.25, -0.2) is 4.98 Å². The van der Waals surface area contributed by atoms with Crippen molar-refractivity contribution in [1.29, 1.82) is 0 Å². The molecule has 2 aliphatic rings. The largest absolute Gasteiger partial charge is 0.379 e. The fourth-order valence-electron chi connectivity index (χ4n) is 4.26. The van der Waals surface area contributed by atoms with Gasteiger partial charge in [-0.3, -0.25) is 4.68 Å². The molecule has 9 nitrogen and oxygen atoms in total. The third kappa shape index (κ3) is 3.08. The molecule has 2 aliphatic heterocycles. The Morgan fingerprint density at radius 2 is 2.23 bits per heavy atom. The summed E-state index contributed by atoms with van der Waals surface area (Å²) in [5.41, 5.74) is 5.55. The third-order valence-electron chi connectivity index (χ3n) is 5.73. The Kier molecular flexibility index (Phi) is 4.41. The van der Waals surface area contributed by atoms with Crippen LogP contribution in [0.5, 0.6) is 0 Å². The molecule has 158 valence electrons. The Bertz CT molecular complexity index is 1270. The van der Waals surface area contributed by atoms with Crippen LogP contribution in [-0.2, 0) is 22.5 Å². The van der Waals surface area contributed by atoms with Crippen LogP contribution in [0.2, 0.25) is 5.02 Å². The molecular formula is C21H19ClN6O3. The van der Waals surface area contributed by atoms with Crippen LogP contribution in [0, 0.1) is 0 Å². The first-order valence-corrected chi connectivity index (χ1v) is 10.4. The summed E-state index contributed by atoms with van der Waals surface area (Å²) >= 11 is 6.37. The number of hydrogen-bond donors (Lipinski definition) is 0. The SMILES string of the molecule is COCc1noc(-c2ncn3c2Cc2cn(C4CCOC4)nc2-c2cc(Cl)ccc2-3)n1. The van der Waals surface area contributed by atoms with Gasteiger partial charge in [0.2, 0.25) is 0 Å². The number of halogens is 1. The molecule has 3 aromatic heterocycles. The smallest absolute Gasteiger partial charge is 0.278 e. The Labute approximate surface area is 182 Å². The molecule has 0 aliphatic carbocycles. The summed E-state index contributed by atoms with van der Waals surface area (Å²) in [7, 11) is 1.59. The maximum Gasteiger partial charge on any atom is 0.278 e. The van der Waals surface area contributed by atoms with E-state index in [1.165, 1.54) is 0 Å². The van der Waals surface area contributed by atoms with Crippen molar-refractivity contribution in [2.75, 3.05) is 20.3 Å². The van der Waals surface area contributed by atoms with Crippen molar-refractivity contribution in [3.8, 4) is 28.5 Å². The number of hydrogen-bond acceptors (Lipinski definition) is 7. The molecule has 0 saturated carbocycles. The van der Waals surface area contributed by atoms with Crippen LogP contribution in [0.4, 0.5) is 0 Å². The lowest BCUT2D eigenvalue weighted by Gasteiger charge is -2.11. The summed E-state index contributed by atoms with van der Waals surface area (Å²) in [5, 5.41) is 9.59. The number of methoxy groups -OCH3 is 1. The lowest BCUT2D eigenvalue weighted by Crippen LogP contribution is -2.09. The van der Waals surface area contributed by atoms with Crippen molar-refractivity contribution >= 4 is 11.6 Å². The molecule has 1 saturated heterocycles. The molecule has 1 aromatic carbocycles. The average Bonchev–Trinajstić information content (AvgIpc) is 3.55. The van der Waals surface area contributed by atoms with Gasteiger partial charge in [-0.15, -0.1) is 0 Å². The molecule has 0 bridgehead atoms. The van der Waals surface area contributed by atoms with E-state index in [1.807, 2.05) is 27.4 Å². The predicted octanol–water partition coefficient (Wildman–Crippen LogP) is 3.45. The Hall–Kier alpha value is -3.01. The highest BCUT2D eigenvalue weighted by Gasteiger charge is 2.29. The monoisotopic (exact) mass is 438 g/mol. The minimum Gasteiger partial charge on any atom is -0.379 e. The van der Waals surface area contributed by atoms with E-state index in [2.05, 4.69) is 21.3 Å². The first-order valence-electron chi connectivity index (χ1n) is 10.1. The van der Waals surface area contributed by atoms with Crippen LogP contribution in [0.1, 0.15) is 29.5 Å². The van der Waals surface area contributed by atoms with Crippen molar-refractivity contribution in [1.82, 2.24) is 29.5 Å². The van der Waals surface area contributed by atoms with E-state index < -0.39 is 0 Å². The van der Waals surface area contributed by atoms with Crippen LogP contribution >= 0.6 is 11.6 Å². The van der Waals surface area contributed by atoms with Gasteiger partial charge in [-0.1, -0.05) is 16.8 Å². The van der Waals surface area contributed by atoms with Crippen LogP contribution < -0.4 is 0 Å². The van der Waals surface area contributed by atoms with Crippen molar-refractivity contribution in [3.63, 3.8) is 0 Å². The molecule has 6 rings (SSSR count). The van der Waals surface area contributed by atoms with Gasteiger partial charge in [0.15, 0.2) is 11.5 Å². The van der Waals surface area contributed by atoms with Gasteiger partial charge >= 0.3 is 0 Å². The van der Waals surface area contributed by atoms with Crippen molar-refractivity contribution in [2.24, 2.45) is 0 Å². The summed E-state index contributed by atoms with van der Waals surface area (Å²) < 4.78 is 20.2. The lowest BCUT2D eigenvalue weighted by atomic mass is 10.0.